The van der Waals surface area contributed by atoms with Crippen molar-refractivity contribution >= 4 is 81.5 Å². The van der Waals surface area contributed by atoms with Crippen molar-refractivity contribution in [1.82, 2.24) is 4.98 Å². The van der Waals surface area contributed by atoms with Crippen LogP contribution in [0.5, 0.6) is 0 Å². The van der Waals surface area contributed by atoms with Crippen LogP contribution in [0, 0.1) is 0 Å². The summed E-state index contributed by atoms with van der Waals surface area (Å²) in [6.07, 6.45) is 0.784. The first-order chi connectivity index (χ1) is 12.8. The largest absolute Gasteiger partial charge is 0.443 e. The second kappa shape index (κ2) is 11.4. The van der Waals surface area contributed by atoms with E-state index in [-0.39, 0.29) is 6.73 Å². The van der Waals surface area contributed by atoms with E-state index in [1.165, 1.54) is 11.1 Å². The van der Waals surface area contributed by atoms with Crippen LogP contribution in [0.1, 0.15) is 47.2 Å². The van der Waals surface area contributed by atoms with Crippen molar-refractivity contribution in [2.45, 2.75) is 51.9 Å². The summed E-state index contributed by atoms with van der Waals surface area (Å²) >= 11 is 9.53. The maximum absolute atomic E-state index is 12.6. The average molecular weight is 582 g/mol. The Kier molecular flexibility index (Phi) is 10.7. The summed E-state index contributed by atoms with van der Waals surface area (Å²) in [6.45, 7) is 11.3. The molecule has 0 aromatic carbocycles. The van der Waals surface area contributed by atoms with Crippen LogP contribution >= 0.6 is 53.1 Å². The minimum absolute atomic E-state index is 0.0134. The molecule has 1 amide bonds. The van der Waals surface area contributed by atoms with Gasteiger partial charge in [0.05, 0.1) is 17.6 Å². The van der Waals surface area contributed by atoms with Crippen molar-refractivity contribution in [3.8, 4) is 0 Å². The predicted octanol–water partition coefficient (Wildman–Crippen LogP) is 5.48. The van der Waals surface area contributed by atoms with Crippen molar-refractivity contribution in [3.63, 3.8) is 0 Å². The number of rotatable bonds is 8. The van der Waals surface area contributed by atoms with Gasteiger partial charge in [0.25, 0.3) is 0 Å². The predicted molar refractivity (Wildman–Crippen MR) is 129 cm³/mol. The highest BCUT2D eigenvalue weighted by molar-refractivity contribution is 14.2. The highest BCUT2D eigenvalue weighted by atomic mass is 127. The Morgan fingerprint density at radius 1 is 1.39 bits per heavy atom. The second-order valence-corrected chi connectivity index (χ2v) is 13.5. The molecule has 0 bridgehead atoms. The molecule has 1 rings (SSSR count). The minimum Gasteiger partial charge on any atom is -0.443 e. The third-order valence-electron chi connectivity index (χ3n) is 2.76. The average Bonchev–Trinajstić information content (AvgIpc) is 2.90. The number of thiazole rings is 1. The summed E-state index contributed by atoms with van der Waals surface area (Å²) in [5.74, 6) is 0.790. The molecule has 0 aliphatic carbocycles. The van der Waals surface area contributed by atoms with Gasteiger partial charge in [-0.3, -0.25) is 0 Å². The highest BCUT2D eigenvalue weighted by Crippen LogP contribution is 2.31. The van der Waals surface area contributed by atoms with Gasteiger partial charge in [0, 0.05) is 5.75 Å². The molecule has 160 valence electrons. The van der Waals surface area contributed by atoms with E-state index in [0.29, 0.717) is 21.8 Å². The number of ether oxygens (including phenoxy) is 2. The number of carbonyl (C=O) groups is 1. The Balaban J connectivity index is 3.05. The Morgan fingerprint density at radius 3 is 2.57 bits per heavy atom. The molecular formula is C16H25ClIN3O4S3. The zero-order valence-corrected chi connectivity index (χ0v) is 22.0. The number of amides is 1. The van der Waals surface area contributed by atoms with Gasteiger partial charge in [0.1, 0.15) is 33.3 Å². The van der Waals surface area contributed by atoms with Crippen LogP contribution < -0.4 is 4.90 Å². The van der Waals surface area contributed by atoms with Crippen molar-refractivity contribution in [2.24, 2.45) is 4.40 Å². The second-order valence-electron chi connectivity index (χ2n) is 7.51. The number of nitrogens with zero attached hydrogens (tertiary/aromatic N) is 3. The van der Waals surface area contributed by atoms with Gasteiger partial charge in [-0.25, -0.2) is 18.9 Å². The Labute approximate surface area is 194 Å². The van der Waals surface area contributed by atoms with Crippen LogP contribution in [0.25, 0.3) is 0 Å². The molecule has 0 spiro atoms. The molecule has 1 aromatic rings. The van der Waals surface area contributed by atoms with Gasteiger partial charge in [0.2, 0.25) is 0 Å². The zero-order chi connectivity index (χ0) is 21.5. The first-order valence-electron chi connectivity index (χ1n) is 8.29. The minimum atomic E-state index is -1.43. The summed E-state index contributed by atoms with van der Waals surface area (Å²) in [5, 5.41) is 0.323. The lowest BCUT2D eigenvalue weighted by Crippen LogP contribution is -2.38. The number of anilines is 1. The molecule has 0 aliphatic rings. The van der Waals surface area contributed by atoms with Gasteiger partial charge < -0.3 is 9.47 Å². The van der Waals surface area contributed by atoms with Crippen LogP contribution in [0.2, 0.25) is 4.34 Å². The van der Waals surface area contributed by atoms with E-state index in [2.05, 4.69) is 30.6 Å². The molecule has 0 fully saturated rings. The van der Waals surface area contributed by atoms with Crippen molar-refractivity contribution in [3.05, 3.63) is 10.0 Å². The maximum atomic E-state index is 12.6. The molecule has 1 atom stereocenters. The molecule has 7 nitrogen and oxygen atoms in total. The van der Waals surface area contributed by atoms with E-state index in [0.717, 1.165) is 17.1 Å². The lowest BCUT2D eigenvalue weighted by Gasteiger charge is -2.25. The number of hydrogen-bond donors (Lipinski definition) is 0. The van der Waals surface area contributed by atoms with Gasteiger partial charge in [-0.15, -0.1) is 0 Å². The number of aromatic nitrogens is 1. The molecule has 12 heteroatoms. The molecule has 1 unspecified atom stereocenters. The van der Waals surface area contributed by atoms with E-state index in [9.17, 15) is 9.00 Å². The summed E-state index contributed by atoms with van der Waals surface area (Å²) in [5.41, 5.74) is -0.321. The highest BCUT2D eigenvalue weighted by Gasteiger charge is 2.27. The Hall–Kier alpha value is 0.0500. The Bertz CT molecular complexity index is 717. The van der Waals surface area contributed by atoms with Crippen molar-refractivity contribution < 1.29 is 18.5 Å². The number of hydrogen-bond acceptors (Lipinski definition) is 7. The van der Waals surface area contributed by atoms with Gasteiger partial charge >= 0.3 is 6.09 Å². The van der Waals surface area contributed by atoms with Gasteiger partial charge in [-0.2, -0.15) is 4.40 Å². The molecular weight excluding hydrogens is 557 g/mol. The van der Waals surface area contributed by atoms with E-state index in [1.807, 2.05) is 20.8 Å². The lowest BCUT2D eigenvalue weighted by atomic mass is 10.2. The summed E-state index contributed by atoms with van der Waals surface area (Å²) in [4.78, 5) is 18.2. The molecule has 0 radical (unpaired) electrons. The summed E-state index contributed by atoms with van der Waals surface area (Å²) < 4.78 is 27.0. The van der Waals surface area contributed by atoms with Crippen LogP contribution in [-0.4, -0.2) is 50.9 Å². The molecule has 0 saturated heterocycles. The van der Waals surface area contributed by atoms with Gasteiger partial charge in [-0.05, 0) is 62.7 Å². The number of halogens is 2. The Morgan fingerprint density at radius 2 is 2.04 bits per heavy atom. The monoisotopic (exact) mass is 581 g/mol. The molecule has 1 heterocycles. The fraction of sp³-hybridized carbons (Fsp3) is 0.688. The molecule has 1 aromatic heterocycles. The van der Waals surface area contributed by atoms with Crippen LogP contribution in [0.15, 0.2) is 4.40 Å². The van der Waals surface area contributed by atoms with E-state index in [1.54, 1.807) is 29.7 Å². The lowest BCUT2D eigenvalue weighted by molar-refractivity contribution is 0.0502. The van der Waals surface area contributed by atoms with Gasteiger partial charge in [-0.1, -0.05) is 31.9 Å². The topological polar surface area (TPSA) is 81.1 Å². The van der Waals surface area contributed by atoms with Crippen LogP contribution in [-0.2, 0) is 20.5 Å². The molecule has 0 saturated carbocycles. The number of carbonyl (C=O) groups excluding carboxylic acids is 1. The van der Waals surface area contributed by atoms with Gasteiger partial charge in [0.15, 0.2) is 5.13 Å². The van der Waals surface area contributed by atoms with E-state index in [4.69, 9.17) is 21.1 Å². The molecule has 0 N–H and O–H groups in total. The maximum Gasteiger partial charge on any atom is 0.418 e. The first-order valence-corrected chi connectivity index (χ1v) is 14.1. The SMILES string of the molecule is CC(C)(C)OC(=O)N(COCCSI)c1nc(/C=N\S(=O)C(C)(C)C)c(Cl)s1. The molecule has 28 heavy (non-hydrogen) atoms. The molecule has 0 aliphatic heterocycles. The van der Waals surface area contributed by atoms with E-state index < -0.39 is 27.4 Å². The third-order valence-corrected chi connectivity index (χ3v) is 7.06. The summed E-state index contributed by atoms with van der Waals surface area (Å²) in [7, 11) is 0.181. The van der Waals surface area contributed by atoms with Crippen molar-refractivity contribution in [2.75, 3.05) is 24.0 Å². The van der Waals surface area contributed by atoms with Crippen LogP contribution in [0.4, 0.5) is 9.93 Å². The van der Waals surface area contributed by atoms with E-state index >= 15 is 0 Å². The van der Waals surface area contributed by atoms with Crippen LogP contribution in [0.3, 0.4) is 0 Å². The van der Waals surface area contributed by atoms with Crippen molar-refractivity contribution in [1.29, 1.82) is 0 Å². The quantitative estimate of drug-likeness (QED) is 0.175. The fourth-order valence-electron chi connectivity index (χ4n) is 1.50. The normalized spacial score (nSPS) is 13.7. The zero-order valence-electron chi connectivity index (χ0n) is 16.7. The summed E-state index contributed by atoms with van der Waals surface area (Å²) in [6, 6.07) is 0. The first kappa shape index (κ1) is 26.1. The fourth-order valence-corrected chi connectivity index (χ4v) is 3.78. The smallest absolute Gasteiger partial charge is 0.418 e. The third kappa shape index (κ3) is 9.24. The standard InChI is InChI=1S/C16H25ClIN3O4S3/c1-15(2,3)25-14(22)21(10-24-7-8-26-18)13-20-11(12(17)27-13)9-19-28(23)16(4,5)6/h9H,7-8,10H2,1-6H3/b19-9-.